The molecular formula is C15H16N4O5. The summed E-state index contributed by atoms with van der Waals surface area (Å²) in [6.45, 7) is 2.94. The fraction of sp³-hybridized carbons (Fsp3) is 0.267. The molecule has 1 aromatic carbocycles. The number of benzene rings is 1. The van der Waals surface area contributed by atoms with Crippen LogP contribution < -0.4 is 5.32 Å². The first kappa shape index (κ1) is 17.1. The molecule has 1 amide bonds. The van der Waals surface area contributed by atoms with Gasteiger partial charge in [-0.25, -0.2) is 4.68 Å². The normalized spacial score (nSPS) is 11.1. The van der Waals surface area contributed by atoms with Gasteiger partial charge in [0.2, 0.25) is 0 Å². The first-order valence-electron chi connectivity index (χ1n) is 7.03. The minimum absolute atomic E-state index is 0.0508. The van der Waals surface area contributed by atoms with Crippen LogP contribution in [0.2, 0.25) is 0 Å². The van der Waals surface area contributed by atoms with E-state index in [0.717, 1.165) is 0 Å². The Balaban J connectivity index is 2.13. The van der Waals surface area contributed by atoms with Crippen LogP contribution >= 0.6 is 0 Å². The van der Waals surface area contributed by atoms with Crippen molar-refractivity contribution < 1.29 is 19.6 Å². The number of rotatable bonds is 6. The van der Waals surface area contributed by atoms with Crippen LogP contribution in [0, 0.1) is 15.5 Å². The molecule has 2 N–H and O–H groups in total. The Kier molecular flexibility index (Phi) is 4.63. The zero-order valence-electron chi connectivity index (χ0n) is 13.1. The maximum atomic E-state index is 12.0. The maximum Gasteiger partial charge on any atom is 0.310 e. The molecule has 0 fully saturated rings. The number of carbonyl (C=O) groups is 2. The highest BCUT2D eigenvalue weighted by molar-refractivity contribution is 5.92. The summed E-state index contributed by atoms with van der Waals surface area (Å²) in [7, 11) is 0. The molecule has 0 aliphatic carbocycles. The van der Waals surface area contributed by atoms with Crippen LogP contribution in [0.3, 0.4) is 0 Å². The van der Waals surface area contributed by atoms with Crippen LogP contribution in [-0.2, 0) is 4.79 Å². The van der Waals surface area contributed by atoms with E-state index in [1.54, 1.807) is 6.07 Å². The quantitative estimate of drug-likeness (QED) is 0.611. The first-order valence-corrected chi connectivity index (χ1v) is 7.03. The van der Waals surface area contributed by atoms with Crippen LogP contribution in [0.15, 0.2) is 36.5 Å². The molecule has 24 heavy (non-hydrogen) atoms. The van der Waals surface area contributed by atoms with Gasteiger partial charge in [-0.15, -0.1) is 0 Å². The van der Waals surface area contributed by atoms with E-state index in [9.17, 15) is 19.7 Å². The van der Waals surface area contributed by atoms with Gasteiger partial charge in [0.05, 0.1) is 16.0 Å². The Hall–Kier alpha value is -3.23. The smallest absolute Gasteiger partial charge is 0.310 e. The fourth-order valence-electron chi connectivity index (χ4n) is 1.81. The van der Waals surface area contributed by atoms with E-state index in [1.807, 2.05) is 0 Å². The molecule has 2 aromatic rings. The SMILES string of the molecule is CC(C)(CNC(=O)c1ccn(-c2cccc([N+](=O)[O-])c2)n1)C(=O)O. The number of non-ortho nitro benzene ring substituents is 1. The molecule has 2 rings (SSSR count). The number of nitro groups is 1. The number of nitro benzene ring substituents is 1. The third kappa shape index (κ3) is 3.75. The lowest BCUT2D eigenvalue weighted by Crippen LogP contribution is -2.39. The van der Waals surface area contributed by atoms with Gasteiger partial charge in [-0.1, -0.05) is 6.07 Å². The molecule has 0 saturated heterocycles. The average molecular weight is 332 g/mol. The molecule has 0 radical (unpaired) electrons. The van der Waals surface area contributed by atoms with E-state index in [1.165, 1.54) is 49.0 Å². The number of carbonyl (C=O) groups excluding carboxylic acids is 1. The third-order valence-electron chi connectivity index (χ3n) is 3.40. The number of aromatic nitrogens is 2. The molecule has 0 saturated carbocycles. The van der Waals surface area contributed by atoms with Gasteiger partial charge < -0.3 is 10.4 Å². The number of carboxylic acid groups (broad SMARTS) is 1. The second-order valence-electron chi connectivity index (χ2n) is 5.79. The number of aliphatic carboxylic acids is 1. The van der Waals surface area contributed by atoms with E-state index in [0.29, 0.717) is 5.69 Å². The maximum absolute atomic E-state index is 12.0. The average Bonchev–Trinajstić information content (AvgIpc) is 3.02. The molecule has 126 valence electrons. The van der Waals surface area contributed by atoms with Crippen LogP contribution in [0.25, 0.3) is 5.69 Å². The van der Waals surface area contributed by atoms with Gasteiger partial charge in [-0.2, -0.15) is 5.10 Å². The fourth-order valence-corrected chi connectivity index (χ4v) is 1.81. The van der Waals surface area contributed by atoms with Crippen molar-refractivity contribution in [3.05, 3.63) is 52.3 Å². The van der Waals surface area contributed by atoms with Gasteiger partial charge in [-0.3, -0.25) is 19.7 Å². The van der Waals surface area contributed by atoms with E-state index in [4.69, 9.17) is 5.11 Å². The van der Waals surface area contributed by atoms with Crippen molar-refractivity contribution in [3.63, 3.8) is 0 Å². The zero-order chi connectivity index (χ0) is 17.9. The molecule has 0 aliphatic heterocycles. The van der Waals surface area contributed by atoms with Crippen molar-refractivity contribution in [1.29, 1.82) is 0 Å². The van der Waals surface area contributed by atoms with E-state index in [2.05, 4.69) is 10.4 Å². The lowest BCUT2D eigenvalue weighted by molar-refractivity contribution is -0.384. The predicted octanol–water partition coefficient (Wildman–Crippen LogP) is 1.62. The van der Waals surface area contributed by atoms with E-state index in [-0.39, 0.29) is 17.9 Å². The Bertz CT molecular complexity index is 797. The number of hydrogen-bond acceptors (Lipinski definition) is 5. The summed E-state index contributed by atoms with van der Waals surface area (Å²) >= 11 is 0. The van der Waals surface area contributed by atoms with Crippen molar-refractivity contribution in [2.45, 2.75) is 13.8 Å². The Morgan fingerprint density at radius 3 is 2.71 bits per heavy atom. The number of amides is 1. The first-order chi connectivity index (χ1) is 11.2. The molecule has 0 bridgehead atoms. The molecule has 9 nitrogen and oxygen atoms in total. The van der Waals surface area contributed by atoms with Gasteiger partial charge >= 0.3 is 5.97 Å². The summed E-state index contributed by atoms with van der Waals surface area (Å²) < 4.78 is 1.34. The van der Waals surface area contributed by atoms with Crippen LogP contribution in [0.1, 0.15) is 24.3 Å². The van der Waals surface area contributed by atoms with Crippen molar-refractivity contribution in [2.75, 3.05) is 6.54 Å². The lowest BCUT2D eigenvalue weighted by Gasteiger charge is -2.18. The Morgan fingerprint density at radius 2 is 2.08 bits per heavy atom. The van der Waals surface area contributed by atoms with Crippen molar-refractivity contribution in [2.24, 2.45) is 5.41 Å². The minimum Gasteiger partial charge on any atom is -0.481 e. The molecule has 0 aliphatic rings. The number of nitrogens with zero attached hydrogens (tertiary/aromatic N) is 3. The van der Waals surface area contributed by atoms with Gasteiger partial charge in [0.25, 0.3) is 11.6 Å². The van der Waals surface area contributed by atoms with Crippen LogP contribution in [0.4, 0.5) is 5.69 Å². The van der Waals surface area contributed by atoms with Crippen molar-refractivity contribution >= 4 is 17.6 Å². The highest BCUT2D eigenvalue weighted by Crippen LogP contribution is 2.17. The zero-order valence-corrected chi connectivity index (χ0v) is 13.1. The second-order valence-corrected chi connectivity index (χ2v) is 5.79. The highest BCUT2D eigenvalue weighted by Gasteiger charge is 2.28. The summed E-state index contributed by atoms with van der Waals surface area (Å²) in [5.74, 6) is -1.54. The summed E-state index contributed by atoms with van der Waals surface area (Å²) in [4.78, 5) is 33.3. The summed E-state index contributed by atoms with van der Waals surface area (Å²) in [5.41, 5.74) is -0.660. The number of carboxylic acids is 1. The number of hydrogen-bond donors (Lipinski definition) is 2. The van der Waals surface area contributed by atoms with Gasteiger partial charge in [0.15, 0.2) is 5.69 Å². The molecule has 1 heterocycles. The number of nitrogens with one attached hydrogen (secondary N) is 1. The monoisotopic (exact) mass is 332 g/mol. The van der Waals surface area contributed by atoms with Gasteiger partial charge in [0, 0.05) is 24.9 Å². The minimum atomic E-state index is -1.10. The standard InChI is InChI=1S/C15H16N4O5/c1-15(2,14(21)22)9-16-13(20)12-6-7-18(17-12)10-4-3-5-11(8-10)19(23)24/h3-8H,9H2,1-2H3,(H,16,20)(H,21,22). The Labute approximate surface area is 137 Å². The molecule has 0 unspecified atom stereocenters. The molecule has 0 atom stereocenters. The van der Waals surface area contributed by atoms with Gasteiger partial charge in [0.1, 0.15) is 0 Å². The largest absolute Gasteiger partial charge is 0.481 e. The summed E-state index contributed by atoms with van der Waals surface area (Å²) in [5, 5.41) is 26.4. The molecular weight excluding hydrogens is 316 g/mol. The van der Waals surface area contributed by atoms with Gasteiger partial charge in [-0.05, 0) is 26.0 Å². The van der Waals surface area contributed by atoms with E-state index >= 15 is 0 Å². The summed E-state index contributed by atoms with van der Waals surface area (Å²) in [6, 6.07) is 7.28. The Morgan fingerprint density at radius 1 is 1.38 bits per heavy atom. The predicted molar refractivity (Wildman–Crippen MR) is 84.0 cm³/mol. The highest BCUT2D eigenvalue weighted by atomic mass is 16.6. The molecule has 1 aromatic heterocycles. The van der Waals surface area contributed by atoms with Crippen molar-refractivity contribution in [3.8, 4) is 5.69 Å². The summed E-state index contributed by atoms with van der Waals surface area (Å²) in [6.07, 6.45) is 1.50. The molecule has 9 heteroatoms. The lowest BCUT2D eigenvalue weighted by atomic mass is 9.94. The van der Waals surface area contributed by atoms with Crippen LogP contribution in [-0.4, -0.2) is 38.2 Å². The topological polar surface area (TPSA) is 127 Å². The van der Waals surface area contributed by atoms with Crippen LogP contribution in [0.5, 0.6) is 0 Å². The molecule has 0 spiro atoms. The van der Waals surface area contributed by atoms with Crippen molar-refractivity contribution in [1.82, 2.24) is 15.1 Å². The van der Waals surface area contributed by atoms with E-state index < -0.39 is 22.2 Å². The third-order valence-corrected chi connectivity index (χ3v) is 3.40. The second kappa shape index (κ2) is 6.49.